The van der Waals surface area contributed by atoms with Gasteiger partial charge in [-0.15, -0.1) is 5.92 Å². The molecule has 2 nitrogen and oxygen atoms in total. The van der Waals surface area contributed by atoms with Crippen LogP contribution in [0.4, 0.5) is 0 Å². The lowest BCUT2D eigenvalue weighted by Crippen LogP contribution is -2.57. The maximum absolute atomic E-state index is 3.29. The third-order valence-electron chi connectivity index (χ3n) is 2.25. The van der Waals surface area contributed by atoms with Crippen molar-refractivity contribution in [1.29, 1.82) is 0 Å². The summed E-state index contributed by atoms with van der Waals surface area (Å²) in [5, 5.41) is 3.29. The summed E-state index contributed by atoms with van der Waals surface area (Å²) in [6, 6.07) is 0.741. The molecule has 0 saturated carbocycles. The quantitative estimate of drug-likeness (QED) is 0.618. The van der Waals surface area contributed by atoms with Crippen molar-refractivity contribution in [2.45, 2.75) is 26.3 Å². The largest absolute Gasteiger partial charge is 0.314 e. The lowest BCUT2D eigenvalue weighted by atomic mass is 10.1. The number of rotatable bonds is 4. The molecular weight excluding hydrogens is 148 g/mol. The molecule has 0 aromatic heterocycles. The zero-order chi connectivity index (χ0) is 8.81. The Kier molecular flexibility index (Phi) is 4.13. The van der Waals surface area contributed by atoms with Crippen LogP contribution in [0.1, 0.15) is 20.3 Å². The van der Waals surface area contributed by atoms with E-state index in [0.717, 1.165) is 25.7 Å². The van der Waals surface area contributed by atoms with E-state index in [9.17, 15) is 0 Å². The van der Waals surface area contributed by atoms with Gasteiger partial charge in [0.15, 0.2) is 0 Å². The molecule has 1 N–H and O–H groups in total. The molecule has 12 heavy (non-hydrogen) atoms. The fourth-order valence-electron chi connectivity index (χ4n) is 1.39. The zero-order valence-corrected chi connectivity index (χ0v) is 8.06. The van der Waals surface area contributed by atoms with Gasteiger partial charge < -0.3 is 5.32 Å². The topological polar surface area (TPSA) is 15.3 Å². The van der Waals surface area contributed by atoms with Crippen LogP contribution < -0.4 is 5.32 Å². The van der Waals surface area contributed by atoms with E-state index in [1.54, 1.807) is 0 Å². The van der Waals surface area contributed by atoms with Crippen LogP contribution in [0.2, 0.25) is 0 Å². The maximum atomic E-state index is 3.29. The van der Waals surface area contributed by atoms with E-state index in [4.69, 9.17) is 0 Å². The molecule has 0 atom stereocenters. The Bertz CT molecular complexity index is 174. The van der Waals surface area contributed by atoms with Crippen molar-refractivity contribution < 1.29 is 0 Å². The van der Waals surface area contributed by atoms with Gasteiger partial charge in [0.25, 0.3) is 0 Å². The average Bonchev–Trinajstić information content (AvgIpc) is 1.97. The molecule has 0 amide bonds. The van der Waals surface area contributed by atoms with Crippen molar-refractivity contribution >= 4 is 0 Å². The minimum atomic E-state index is 0.741. The predicted octanol–water partition coefficient (Wildman–Crippen LogP) is 0.694. The van der Waals surface area contributed by atoms with Crippen LogP contribution in [0.25, 0.3) is 0 Å². The van der Waals surface area contributed by atoms with Crippen molar-refractivity contribution in [2.75, 3.05) is 26.2 Å². The van der Waals surface area contributed by atoms with Gasteiger partial charge in [-0.25, -0.2) is 0 Å². The zero-order valence-electron chi connectivity index (χ0n) is 8.06. The molecule has 1 rings (SSSR count). The molecule has 1 fully saturated rings. The van der Waals surface area contributed by atoms with Gasteiger partial charge in [-0.05, 0) is 19.9 Å². The predicted molar refractivity (Wildman–Crippen MR) is 52.0 cm³/mol. The Morgan fingerprint density at radius 3 is 2.67 bits per heavy atom. The lowest BCUT2D eigenvalue weighted by molar-refractivity contribution is 0.164. The van der Waals surface area contributed by atoms with Crippen molar-refractivity contribution in [3.8, 4) is 11.8 Å². The van der Waals surface area contributed by atoms with Crippen LogP contribution >= 0.6 is 0 Å². The minimum absolute atomic E-state index is 0.741. The van der Waals surface area contributed by atoms with Gasteiger partial charge in [-0.2, -0.15) is 0 Å². The fourth-order valence-corrected chi connectivity index (χ4v) is 1.39. The number of nitrogens with zero attached hydrogens (tertiary/aromatic N) is 1. The van der Waals surface area contributed by atoms with E-state index in [1.165, 1.54) is 13.0 Å². The highest BCUT2D eigenvalue weighted by Gasteiger charge is 2.22. The monoisotopic (exact) mass is 166 g/mol. The molecule has 1 aliphatic rings. The molecular formula is C10H18N2. The van der Waals surface area contributed by atoms with Crippen LogP contribution in [0.15, 0.2) is 0 Å². The summed E-state index contributed by atoms with van der Waals surface area (Å²) in [7, 11) is 0. The first kappa shape index (κ1) is 9.57. The highest BCUT2D eigenvalue weighted by molar-refractivity contribution is 5.00. The first-order valence-corrected chi connectivity index (χ1v) is 4.72. The van der Waals surface area contributed by atoms with Gasteiger partial charge in [0.05, 0.1) is 6.54 Å². The third-order valence-corrected chi connectivity index (χ3v) is 2.25. The lowest BCUT2D eigenvalue weighted by Gasteiger charge is -2.37. The standard InChI is InChI=1S/C10H18N2/c1-3-5-7-12(6-4-2)10-8-11-9-10/h10-11H,4,6-9H2,1-2H3. The van der Waals surface area contributed by atoms with Gasteiger partial charge in [0, 0.05) is 19.1 Å². The normalized spacial score (nSPS) is 16.9. The van der Waals surface area contributed by atoms with E-state index in [-0.39, 0.29) is 0 Å². The molecule has 68 valence electrons. The molecule has 1 saturated heterocycles. The number of nitrogens with one attached hydrogen (secondary N) is 1. The molecule has 0 spiro atoms. The van der Waals surface area contributed by atoms with Crippen LogP contribution in [-0.2, 0) is 0 Å². The van der Waals surface area contributed by atoms with Gasteiger partial charge in [0.1, 0.15) is 0 Å². The Balaban J connectivity index is 2.29. The number of hydrogen-bond acceptors (Lipinski definition) is 2. The molecule has 0 aliphatic carbocycles. The second-order valence-electron chi connectivity index (χ2n) is 3.21. The second-order valence-corrected chi connectivity index (χ2v) is 3.21. The van der Waals surface area contributed by atoms with E-state index in [2.05, 4.69) is 29.0 Å². The fraction of sp³-hybridized carbons (Fsp3) is 0.800. The number of hydrogen-bond donors (Lipinski definition) is 1. The summed E-state index contributed by atoms with van der Waals surface area (Å²) in [5.41, 5.74) is 0. The van der Waals surface area contributed by atoms with Gasteiger partial charge in [-0.1, -0.05) is 12.8 Å². The first-order valence-electron chi connectivity index (χ1n) is 4.72. The van der Waals surface area contributed by atoms with Crippen LogP contribution in [0, 0.1) is 11.8 Å². The van der Waals surface area contributed by atoms with Crippen LogP contribution in [-0.4, -0.2) is 37.1 Å². The summed E-state index contributed by atoms with van der Waals surface area (Å²) in [6.07, 6.45) is 1.22. The summed E-state index contributed by atoms with van der Waals surface area (Å²) in [6.45, 7) is 8.54. The van der Waals surface area contributed by atoms with Crippen molar-refractivity contribution in [3.63, 3.8) is 0 Å². The molecule has 1 heterocycles. The van der Waals surface area contributed by atoms with Crippen molar-refractivity contribution in [1.82, 2.24) is 10.2 Å². The molecule has 0 unspecified atom stereocenters. The van der Waals surface area contributed by atoms with Gasteiger partial charge in [0.2, 0.25) is 0 Å². The van der Waals surface area contributed by atoms with E-state index < -0.39 is 0 Å². The Morgan fingerprint density at radius 2 is 2.25 bits per heavy atom. The van der Waals surface area contributed by atoms with Gasteiger partial charge >= 0.3 is 0 Å². The molecule has 0 radical (unpaired) electrons. The van der Waals surface area contributed by atoms with Gasteiger partial charge in [-0.3, -0.25) is 4.90 Å². The first-order chi connectivity index (χ1) is 5.88. The maximum Gasteiger partial charge on any atom is 0.0604 e. The summed E-state index contributed by atoms with van der Waals surface area (Å²) < 4.78 is 0. The molecule has 2 heteroatoms. The molecule has 1 aliphatic heterocycles. The van der Waals surface area contributed by atoms with E-state index in [1.807, 2.05) is 6.92 Å². The highest BCUT2D eigenvalue weighted by Crippen LogP contribution is 2.04. The van der Waals surface area contributed by atoms with E-state index in [0.29, 0.717) is 0 Å². The van der Waals surface area contributed by atoms with Crippen molar-refractivity contribution in [3.05, 3.63) is 0 Å². The molecule has 0 aromatic carbocycles. The molecule has 0 aromatic rings. The summed E-state index contributed by atoms with van der Waals surface area (Å²) >= 11 is 0. The Hall–Kier alpha value is -0.520. The Labute approximate surface area is 75.3 Å². The summed E-state index contributed by atoms with van der Waals surface area (Å²) in [4.78, 5) is 2.47. The second kappa shape index (κ2) is 5.18. The molecule has 0 bridgehead atoms. The minimum Gasteiger partial charge on any atom is -0.314 e. The van der Waals surface area contributed by atoms with Crippen LogP contribution in [0.3, 0.4) is 0 Å². The van der Waals surface area contributed by atoms with Crippen LogP contribution in [0.5, 0.6) is 0 Å². The highest BCUT2D eigenvalue weighted by atomic mass is 15.2. The van der Waals surface area contributed by atoms with E-state index >= 15 is 0 Å². The smallest absolute Gasteiger partial charge is 0.0604 e. The third kappa shape index (κ3) is 2.51. The summed E-state index contributed by atoms with van der Waals surface area (Å²) in [5.74, 6) is 6.08. The SMILES string of the molecule is CC#CCN(CCC)C1CNC1. The average molecular weight is 166 g/mol. The van der Waals surface area contributed by atoms with Crippen molar-refractivity contribution in [2.24, 2.45) is 0 Å². The Morgan fingerprint density at radius 1 is 1.50 bits per heavy atom.